The Bertz CT molecular complexity index is 1140. The first-order chi connectivity index (χ1) is 13.4. The van der Waals surface area contributed by atoms with Gasteiger partial charge in [0, 0.05) is 37.0 Å². The molecule has 28 heavy (non-hydrogen) atoms. The number of hydrogen-bond acceptors (Lipinski definition) is 4. The largest absolute Gasteiger partial charge is 0.369 e. The van der Waals surface area contributed by atoms with Crippen LogP contribution in [0, 0.1) is 0 Å². The van der Waals surface area contributed by atoms with E-state index in [2.05, 4.69) is 53.2 Å². The molecule has 0 aliphatic rings. The smallest absolute Gasteiger partial charge is 0.237 e. The maximum absolute atomic E-state index is 6.14. The van der Waals surface area contributed by atoms with Crippen molar-refractivity contribution in [2.75, 3.05) is 12.8 Å². The van der Waals surface area contributed by atoms with E-state index in [-0.39, 0.29) is 11.3 Å². The molecule has 0 amide bonds. The van der Waals surface area contributed by atoms with Gasteiger partial charge in [-0.3, -0.25) is 0 Å². The van der Waals surface area contributed by atoms with E-state index in [0.717, 1.165) is 22.5 Å². The molecule has 0 saturated heterocycles. The molecule has 4 rings (SSSR count). The molecule has 2 aromatic carbocycles. The summed E-state index contributed by atoms with van der Waals surface area (Å²) in [6.07, 6.45) is 1.69. The van der Waals surface area contributed by atoms with Crippen LogP contribution in [0.2, 0.25) is 5.28 Å². The first kappa shape index (κ1) is 18.4. The number of nitrogens with zero attached hydrogens (tertiary/aromatic N) is 5. The van der Waals surface area contributed by atoms with Gasteiger partial charge in [0.1, 0.15) is 11.7 Å². The van der Waals surface area contributed by atoms with Gasteiger partial charge >= 0.3 is 0 Å². The fourth-order valence-corrected chi connectivity index (χ4v) is 3.81. The van der Waals surface area contributed by atoms with E-state index in [1.165, 1.54) is 5.56 Å². The van der Waals surface area contributed by atoms with E-state index in [9.17, 15) is 0 Å². The topological polar surface area (TPSA) is 69.6 Å². The first-order valence-corrected chi connectivity index (χ1v) is 9.42. The highest BCUT2D eigenvalue weighted by molar-refractivity contribution is 6.28. The predicted molar refractivity (Wildman–Crippen MR) is 114 cm³/mol. The summed E-state index contributed by atoms with van der Waals surface area (Å²) in [6, 6.07) is 18.6. The number of nitrogens with two attached hydrogens (primary N) is 1. The van der Waals surface area contributed by atoms with Crippen LogP contribution in [0.3, 0.4) is 0 Å². The molecule has 0 saturated carbocycles. The Morgan fingerprint density at radius 2 is 1.82 bits per heavy atom. The number of hydrogen-bond donors (Lipinski definition) is 1. The summed E-state index contributed by atoms with van der Waals surface area (Å²) >= 11 is 6.14. The molecule has 0 bridgehead atoms. The van der Waals surface area contributed by atoms with E-state index >= 15 is 0 Å². The minimum absolute atomic E-state index is 0.0747. The molecule has 2 aromatic heterocycles. The summed E-state index contributed by atoms with van der Waals surface area (Å²) in [7, 11) is 4.04. The van der Waals surface area contributed by atoms with Gasteiger partial charge in [-0.15, -0.1) is 0 Å². The second kappa shape index (κ2) is 6.89. The van der Waals surface area contributed by atoms with E-state index in [1.807, 2.05) is 41.9 Å². The Morgan fingerprint density at radius 1 is 1.07 bits per heavy atom. The molecule has 2 atom stereocenters. The molecule has 142 valence electrons. The van der Waals surface area contributed by atoms with Gasteiger partial charge in [-0.2, -0.15) is 4.98 Å². The third-order valence-electron chi connectivity index (χ3n) is 5.58. The second-order valence-corrected chi connectivity index (χ2v) is 7.39. The number of aromatic nitrogens is 4. The normalized spacial score (nSPS) is 14.7. The van der Waals surface area contributed by atoms with Gasteiger partial charge in [0.2, 0.25) is 17.0 Å². The number of aryl methyl sites for hydroxylation is 1. The lowest BCUT2D eigenvalue weighted by Crippen LogP contribution is -2.43. The van der Waals surface area contributed by atoms with Crippen LogP contribution in [-0.4, -0.2) is 26.6 Å². The van der Waals surface area contributed by atoms with Crippen LogP contribution in [0.4, 0.5) is 17.5 Å². The van der Waals surface area contributed by atoms with Gasteiger partial charge in [0.25, 0.3) is 0 Å². The third kappa shape index (κ3) is 2.91. The number of rotatable bonds is 4. The first-order valence-electron chi connectivity index (χ1n) is 9.04. The average Bonchev–Trinajstić information content (AvgIpc) is 3.00. The van der Waals surface area contributed by atoms with Crippen LogP contribution in [0.5, 0.6) is 0 Å². The van der Waals surface area contributed by atoms with Crippen LogP contribution in [-0.2, 0) is 7.05 Å². The number of benzene rings is 2. The van der Waals surface area contributed by atoms with E-state index < -0.39 is 0 Å². The van der Waals surface area contributed by atoms with Crippen molar-refractivity contribution in [3.63, 3.8) is 0 Å². The van der Waals surface area contributed by atoms with Crippen molar-refractivity contribution in [3.8, 4) is 0 Å². The molecule has 2 heterocycles. The lowest BCUT2D eigenvalue weighted by Gasteiger charge is -2.38. The zero-order valence-electron chi connectivity index (χ0n) is 16.0. The zero-order valence-corrected chi connectivity index (χ0v) is 16.8. The van der Waals surface area contributed by atoms with Crippen molar-refractivity contribution in [2.24, 2.45) is 7.05 Å². The zero-order chi connectivity index (χ0) is 19.9. The fraction of sp³-hybridized carbons (Fsp3) is 0.190. The number of nitrogen functional groups attached to an aromatic ring is 1. The Hall–Kier alpha value is -2.96. The molecule has 2 N–H and O–H groups in total. The van der Waals surface area contributed by atoms with Crippen molar-refractivity contribution in [1.82, 2.24) is 24.0 Å². The minimum atomic E-state index is 0.0747. The van der Waals surface area contributed by atoms with Gasteiger partial charge in [-0.25, -0.2) is 14.5 Å². The standard InChI is InChI=1S/C21H22ClN6/c1-14(15-7-5-4-6-8-15)28(3,19-11-12-24-20(22)26-19)16-9-10-18-17(13-16)25-21(23)27(18)2/h4-14H,1-3H3,(H2,23,25)/q+1. The van der Waals surface area contributed by atoms with Crippen LogP contribution in [0.15, 0.2) is 60.8 Å². The highest BCUT2D eigenvalue weighted by Gasteiger charge is 2.37. The number of anilines is 1. The molecule has 0 aliphatic carbocycles. The van der Waals surface area contributed by atoms with E-state index in [0.29, 0.717) is 10.4 Å². The third-order valence-corrected chi connectivity index (χ3v) is 5.76. The molecule has 2 unspecified atom stereocenters. The lowest BCUT2D eigenvalue weighted by molar-refractivity contribution is 0.357. The highest BCUT2D eigenvalue weighted by Crippen LogP contribution is 2.42. The second-order valence-electron chi connectivity index (χ2n) is 7.05. The van der Waals surface area contributed by atoms with Gasteiger partial charge in [0.15, 0.2) is 0 Å². The molecule has 0 fully saturated rings. The Labute approximate surface area is 168 Å². The van der Waals surface area contributed by atoms with Gasteiger partial charge < -0.3 is 10.3 Å². The molecule has 0 spiro atoms. The monoisotopic (exact) mass is 393 g/mol. The number of halogens is 1. The summed E-state index contributed by atoms with van der Waals surface area (Å²) in [5.41, 5.74) is 10.1. The van der Waals surface area contributed by atoms with Crippen LogP contribution >= 0.6 is 11.6 Å². The van der Waals surface area contributed by atoms with Crippen LogP contribution in [0.25, 0.3) is 11.0 Å². The minimum Gasteiger partial charge on any atom is -0.369 e. The maximum atomic E-state index is 6.14. The maximum Gasteiger partial charge on any atom is 0.237 e. The molecule has 4 aromatic rings. The van der Waals surface area contributed by atoms with Crippen molar-refractivity contribution >= 4 is 40.1 Å². The molecule has 7 heteroatoms. The molecule has 0 aliphatic heterocycles. The Balaban J connectivity index is 1.95. The summed E-state index contributed by atoms with van der Waals surface area (Å²) < 4.78 is 2.30. The van der Waals surface area contributed by atoms with Gasteiger partial charge in [-0.05, 0) is 24.6 Å². The highest BCUT2D eigenvalue weighted by atomic mass is 35.5. The number of fused-ring (bicyclic) bond motifs is 1. The summed E-state index contributed by atoms with van der Waals surface area (Å²) in [5, 5.41) is 0.227. The molecule has 0 radical (unpaired) electrons. The van der Waals surface area contributed by atoms with Crippen molar-refractivity contribution in [3.05, 3.63) is 71.6 Å². The summed E-state index contributed by atoms with van der Waals surface area (Å²) in [4.78, 5) is 13.1. The lowest BCUT2D eigenvalue weighted by atomic mass is 10.0. The summed E-state index contributed by atoms with van der Waals surface area (Å²) in [6.45, 7) is 2.18. The van der Waals surface area contributed by atoms with Gasteiger partial charge in [-0.1, -0.05) is 30.3 Å². The molecular formula is C21H22ClN6+. The number of imidazole rings is 1. The number of quaternary nitrogens is 1. The van der Waals surface area contributed by atoms with E-state index in [1.54, 1.807) is 6.20 Å². The quantitative estimate of drug-likeness (QED) is 0.405. The van der Waals surface area contributed by atoms with E-state index in [4.69, 9.17) is 17.3 Å². The molecular weight excluding hydrogens is 372 g/mol. The molecule has 6 nitrogen and oxygen atoms in total. The van der Waals surface area contributed by atoms with Gasteiger partial charge in [0.05, 0.1) is 18.1 Å². The average molecular weight is 394 g/mol. The SMILES string of the molecule is CC(c1ccccc1)[N+](C)(c1ccc2c(c1)nc(N)n2C)c1ccnc(Cl)n1. The van der Waals surface area contributed by atoms with Crippen molar-refractivity contribution < 1.29 is 0 Å². The van der Waals surface area contributed by atoms with Crippen LogP contribution in [0.1, 0.15) is 18.5 Å². The Kier molecular flexibility index (Phi) is 4.53. The summed E-state index contributed by atoms with van der Waals surface area (Å²) in [5.74, 6) is 1.29. The predicted octanol–water partition coefficient (Wildman–Crippen LogP) is 4.63. The fourth-order valence-electron chi connectivity index (χ4n) is 3.66. The van der Waals surface area contributed by atoms with Crippen molar-refractivity contribution in [2.45, 2.75) is 13.0 Å². The van der Waals surface area contributed by atoms with Crippen LogP contribution < -0.4 is 10.2 Å². The van der Waals surface area contributed by atoms with Crippen molar-refractivity contribution in [1.29, 1.82) is 0 Å². The Morgan fingerprint density at radius 3 is 2.54 bits per heavy atom.